The Labute approximate surface area is 180 Å². The molecule has 8 heteroatoms. The molecule has 1 unspecified atom stereocenters. The second-order valence-corrected chi connectivity index (χ2v) is 7.43. The van der Waals surface area contributed by atoms with Crippen LogP contribution in [0.4, 0.5) is 5.69 Å². The van der Waals surface area contributed by atoms with Crippen LogP contribution >= 0.6 is 0 Å². The van der Waals surface area contributed by atoms with Crippen LogP contribution in [0.5, 0.6) is 5.75 Å². The van der Waals surface area contributed by atoms with E-state index in [4.69, 9.17) is 9.47 Å². The maximum atomic E-state index is 12.7. The van der Waals surface area contributed by atoms with Gasteiger partial charge in [0.1, 0.15) is 24.2 Å². The Morgan fingerprint density at radius 2 is 2.10 bits per heavy atom. The van der Waals surface area contributed by atoms with Gasteiger partial charge in [0.05, 0.1) is 18.1 Å². The van der Waals surface area contributed by atoms with E-state index in [-0.39, 0.29) is 24.5 Å². The smallest absolute Gasteiger partial charge is 0.249 e. The summed E-state index contributed by atoms with van der Waals surface area (Å²) < 4.78 is 12.5. The van der Waals surface area contributed by atoms with E-state index in [0.717, 1.165) is 29.7 Å². The largest absolute Gasteiger partial charge is 0.497 e. The van der Waals surface area contributed by atoms with E-state index < -0.39 is 0 Å². The van der Waals surface area contributed by atoms with Gasteiger partial charge in [0.2, 0.25) is 11.8 Å². The minimum Gasteiger partial charge on any atom is -0.497 e. The lowest BCUT2D eigenvalue weighted by Gasteiger charge is -2.12. The molecule has 1 fully saturated rings. The van der Waals surface area contributed by atoms with Gasteiger partial charge in [-0.1, -0.05) is 18.2 Å². The van der Waals surface area contributed by atoms with E-state index in [2.05, 4.69) is 15.6 Å². The first-order valence-electron chi connectivity index (χ1n) is 10.4. The molecule has 2 N–H and O–H groups in total. The number of imidazole rings is 1. The van der Waals surface area contributed by atoms with Gasteiger partial charge in [-0.15, -0.1) is 0 Å². The molecule has 1 saturated heterocycles. The SMILES string of the molecule is COc1cccc(NC(=O)Cn2c(CCNC(=O)C3CCCO3)nc3ccccc32)c1. The number of aromatic nitrogens is 2. The third-order valence-electron chi connectivity index (χ3n) is 5.26. The Kier molecular flexibility index (Phi) is 6.47. The van der Waals surface area contributed by atoms with Crippen molar-refractivity contribution in [1.82, 2.24) is 14.9 Å². The summed E-state index contributed by atoms with van der Waals surface area (Å²) in [6, 6.07) is 14.9. The molecule has 1 aliphatic heterocycles. The lowest BCUT2D eigenvalue weighted by atomic mass is 10.2. The molecule has 0 aliphatic carbocycles. The molecule has 0 radical (unpaired) electrons. The summed E-state index contributed by atoms with van der Waals surface area (Å²) in [6.45, 7) is 1.18. The van der Waals surface area contributed by atoms with Gasteiger partial charge in [-0.2, -0.15) is 0 Å². The van der Waals surface area contributed by atoms with E-state index in [1.165, 1.54) is 0 Å². The highest BCUT2D eigenvalue weighted by molar-refractivity contribution is 5.92. The van der Waals surface area contributed by atoms with Gasteiger partial charge in [-0.05, 0) is 37.1 Å². The summed E-state index contributed by atoms with van der Waals surface area (Å²) in [6.07, 6.45) is 1.83. The molecule has 1 aliphatic rings. The number of carbonyl (C=O) groups is 2. The molecule has 2 amide bonds. The van der Waals surface area contributed by atoms with Crippen molar-refractivity contribution in [3.05, 3.63) is 54.4 Å². The van der Waals surface area contributed by atoms with Crippen molar-refractivity contribution in [2.24, 2.45) is 0 Å². The quantitative estimate of drug-likeness (QED) is 0.582. The standard InChI is InChI=1S/C23H26N4O4/c1-30-17-7-4-6-16(14-17)25-22(28)15-27-19-9-3-2-8-18(19)26-21(27)11-12-24-23(29)20-10-5-13-31-20/h2-4,6-9,14,20H,5,10-13,15H2,1H3,(H,24,29)(H,25,28). The Balaban J connectivity index is 1.45. The molecule has 2 aromatic carbocycles. The van der Waals surface area contributed by atoms with Crippen LogP contribution < -0.4 is 15.4 Å². The van der Waals surface area contributed by atoms with E-state index in [0.29, 0.717) is 31.0 Å². The van der Waals surface area contributed by atoms with Crippen molar-refractivity contribution in [3.63, 3.8) is 0 Å². The molecule has 4 rings (SSSR count). The normalized spacial score (nSPS) is 15.7. The zero-order valence-corrected chi connectivity index (χ0v) is 17.5. The lowest BCUT2D eigenvalue weighted by Crippen LogP contribution is -2.35. The van der Waals surface area contributed by atoms with E-state index in [1.54, 1.807) is 13.2 Å². The number of para-hydroxylation sites is 2. The van der Waals surface area contributed by atoms with Gasteiger partial charge in [-0.25, -0.2) is 4.98 Å². The van der Waals surface area contributed by atoms with Crippen molar-refractivity contribution in [3.8, 4) is 5.75 Å². The number of amides is 2. The minimum absolute atomic E-state index is 0.0871. The maximum Gasteiger partial charge on any atom is 0.249 e. The number of benzene rings is 2. The second kappa shape index (κ2) is 9.61. The molecule has 162 valence electrons. The number of rotatable bonds is 8. The van der Waals surface area contributed by atoms with Gasteiger partial charge in [0.15, 0.2) is 0 Å². The number of hydrogen-bond acceptors (Lipinski definition) is 5. The number of nitrogens with zero attached hydrogens (tertiary/aromatic N) is 2. The molecule has 0 spiro atoms. The molecular weight excluding hydrogens is 396 g/mol. The Morgan fingerprint density at radius 1 is 1.23 bits per heavy atom. The van der Waals surface area contributed by atoms with Crippen LogP contribution in [0.1, 0.15) is 18.7 Å². The zero-order chi connectivity index (χ0) is 21.6. The Morgan fingerprint density at radius 3 is 2.90 bits per heavy atom. The average molecular weight is 422 g/mol. The number of fused-ring (bicyclic) bond motifs is 1. The highest BCUT2D eigenvalue weighted by atomic mass is 16.5. The fourth-order valence-corrected chi connectivity index (χ4v) is 3.73. The Bertz CT molecular complexity index is 1070. The number of methoxy groups -OCH3 is 1. The first-order chi connectivity index (χ1) is 15.1. The van der Waals surface area contributed by atoms with Gasteiger partial charge < -0.3 is 24.7 Å². The maximum absolute atomic E-state index is 12.7. The van der Waals surface area contributed by atoms with Crippen molar-refractivity contribution in [1.29, 1.82) is 0 Å². The van der Waals surface area contributed by atoms with Crippen molar-refractivity contribution in [2.45, 2.75) is 31.9 Å². The molecule has 8 nitrogen and oxygen atoms in total. The summed E-state index contributed by atoms with van der Waals surface area (Å²) in [4.78, 5) is 29.6. The van der Waals surface area contributed by atoms with Crippen LogP contribution in [-0.2, 0) is 27.3 Å². The molecule has 3 aromatic rings. The third kappa shape index (κ3) is 5.03. The molecular formula is C23H26N4O4. The summed E-state index contributed by atoms with van der Waals surface area (Å²) in [7, 11) is 1.59. The predicted molar refractivity (Wildman–Crippen MR) is 117 cm³/mol. The topological polar surface area (TPSA) is 94.5 Å². The monoisotopic (exact) mass is 422 g/mol. The van der Waals surface area contributed by atoms with Crippen LogP contribution in [0.2, 0.25) is 0 Å². The highest BCUT2D eigenvalue weighted by Crippen LogP contribution is 2.19. The molecule has 31 heavy (non-hydrogen) atoms. The Hall–Kier alpha value is -3.39. The van der Waals surface area contributed by atoms with Gasteiger partial charge in [-0.3, -0.25) is 9.59 Å². The van der Waals surface area contributed by atoms with Crippen molar-refractivity contribution >= 4 is 28.5 Å². The van der Waals surface area contributed by atoms with E-state index in [9.17, 15) is 9.59 Å². The first kappa shape index (κ1) is 20.9. The van der Waals surface area contributed by atoms with Gasteiger partial charge in [0.25, 0.3) is 0 Å². The summed E-state index contributed by atoms with van der Waals surface area (Å²) >= 11 is 0. The molecule has 1 aromatic heterocycles. The highest BCUT2D eigenvalue weighted by Gasteiger charge is 2.23. The molecule has 0 saturated carbocycles. The van der Waals surface area contributed by atoms with Crippen LogP contribution in [0.3, 0.4) is 0 Å². The third-order valence-corrected chi connectivity index (χ3v) is 5.26. The van der Waals surface area contributed by atoms with Crippen LogP contribution in [0.25, 0.3) is 11.0 Å². The average Bonchev–Trinajstić information content (AvgIpc) is 3.43. The number of carbonyl (C=O) groups excluding carboxylic acids is 2. The summed E-state index contributed by atoms with van der Waals surface area (Å²) in [5.74, 6) is 1.17. The molecule has 0 bridgehead atoms. The van der Waals surface area contributed by atoms with E-state index >= 15 is 0 Å². The second-order valence-electron chi connectivity index (χ2n) is 7.43. The number of hydrogen-bond donors (Lipinski definition) is 2. The van der Waals surface area contributed by atoms with Crippen LogP contribution in [-0.4, -0.2) is 47.7 Å². The number of ether oxygens (including phenoxy) is 2. The zero-order valence-electron chi connectivity index (χ0n) is 17.5. The van der Waals surface area contributed by atoms with Gasteiger partial charge >= 0.3 is 0 Å². The lowest BCUT2D eigenvalue weighted by molar-refractivity contribution is -0.130. The van der Waals surface area contributed by atoms with Gasteiger partial charge in [0, 0.05) is 31.3 Å². The molecule has 2 heterocycles. The van der Waals surface area contributed by atoms with Crippen LogP contribution in [0, 0.1) is 0 Å². The fourth-order valence-electron chi connectivity index (χ4n) is 3.73. The summed E-state index contributed by atoms with van der Waals surface area (Å²) in [5, 5.41) is 5.82. The van der Waals surface area contributed by atoms with Crippen LogP contribution in [0.15, 0.2) is 48.5 Å². The summed E-state index contributed by atoms with van der Waals surface area (Å²) in [5.41, 5.74) is 2.36. The van der Waals surface area contributed by atoms with E-state index in [1.807, 2.05) is 47.0 Å². The molecule has 1 atom stereocenters. The minimum atomic E-state index is -0.354. The van der Waals surface area contributed by atoms with Crippen molar-refractivity contribution in [2.75, 3.05) is 25.6 Å². The fraction of sp³-hybridized carbons (Fsp3) is 0.348. The first-order valence-corrected chi connectivity index (χ1v) is 10.4. The predicted octanol–water partition coefficient (Wildman–Crippen LogP) is 2.52. The number of nitrogens with one attached hydrogen (secondary N) is 2. The number of anilines is 1. The van der Waals surface area contributed by atoms with Crippen molar-refractivity contribution < 1.29 is 19.1 Å².